The number of hydrogen-bond acceptors (Lipinski definition) is 6. The molecule has 0 atom stereocenters. The van der Waals surface area contributed by atoms with E-state index >= 15 is 0 Å². The van der Waals surface area contributed by atoms with Gasteiger partial charge in [0.1, 0.15) is 11.3 Å². The third kappa shape index (κ3) is 3.47. The van der Waals surface area contributed by atoms with Crippen molar-refractivity contribution in [3.8, 4) is 29.0 Å². The molecule has 6 nitrogen and oxygen atoms in total. The van der Waals surface area contributed by atoms with Crippen molar-refractivity contribution in [2.45, 2.75) is 39.2 Å². The van der Waals surface area contributed by atoms with Gasteiger partial charge in [0.15, 0.2) is 11.6 Å². The SMILES string of the molecule is Cc1cc(-c2nc3cnc(Oc4ccccc4F)nc3o2)cc(C)c1OC1CCC1. The molecule has 1 aliphatic carbocycles. The number of aryl methyl sites for hydroxylation is 2. The minimum absolute atomic E-state index is 0.00749. The molecule has 1 aliphatic rings. The Morgan fingerprint density at radius 2 is 1.83 bits per heavy atom. The van der Waals surface area contributed by atoms with Gasteiger partial charge in [0.2, 0.25) is 5.89 Å². The molecular weight excluding hydrogens is 385 g/mol. The Hall–Kier alpha value is -3.48. The van der Waals surface area contributed by atoms with Gasteiger partial charge in [-0.1, -0.05) is 12.1 Å². The number of fused-ring (bicyclic) bond motifs is 1. The number of benzene rings is 2. The van der Waals surface area contributed by atoms with Crippen LogP contribution < -0.4 is 9.47 Å². The van der Waals surface area contributed by atoms with Gasteiger partial charge in [-0.25, -0.2) is 14.4 Å². The number of aromatic nitrogens is 3. The minimum Gasteiger partial charge on any atom is -0.490 e. The van der Waals surface area contributed by atoms with Crippen LogP contribution in [0.4, 0.5) is 4.39 Å². The van der Waals surface area contributed by atoms with Crippen molar-refractivity contribution in [2.24, 2.45) is 0 Å². The second kappa shape index (κ2) is 7.40. The van der Waals surface area contributed by atoms with Gasteiger partial charge in [0, 0.05) is 5.56 Å². The Morgan fingerprint density at radius 3 is 2.53 bits per heavy atom. The average Bonchev–Trinajstić information content (AvgIpc) is 3.11. The average molecular weight is 405 g/mol. The Kier molecular flexibility index (Phi) is 4.58. The molecule has 0 bridgehead atoms. The van der Waals surface area contributed by atoms with E-state index in [1.54, 1.807) is 12.1 Å². The van der Waals surface area contributed by atoms with Crippen molar-refractivity contribution in [3.05, 3.63) is 59.5 Å². The molecule has 2 aromatic carbocycles. The maximum Gasteiger partial charge on any atom is 0.325 e. The lowest BCUT2D eigenvalue weighted by atomic mass is 9.95. The van der Waals surface area contributed by atoms with Gasteiger partial charge in [0.25, 0.3) is 5.71 Å². The smallest absolute Gasteiger partial charge is 0.325 e. The maximum atomic E-state index is 13.8. The zero-order valence-corrected chi connectivity index (χ0v) is 16.7. The summed E-state index contributed by atoms with van der Waals surface area (Å²) in [5.41, 5.74) is 3.68. The molecule has 0 saturated heterocycles. The Balaban J connectivity index is 1.44. The normalized spacial score (nSPS) is 14.0. The molecule has 2 aromatic heterocycles. The first kappa shape index (κ1) is 18.5. The van der Waals surface area contributed by atoms with Gasteiger partial charge in [-0.2, -0.15) is 4.98 Å². The lowest BCUT2D eigenvalue weighted by Gasteiger charge is -2.28. The van der Waals surface area contributed by atoms with Crippen LogP contribution in [0.5, 0.6) is 17.5 Å². The third-order valence-corrected chi connectivity index (χ3v) is 5.21. The minimum atomic E-state index is -0.491. The van der Waals surface area contributed by atoms with Crippen LogP contribution in [0.25, 0.3) is 22.7 Å². The van der Waals surface area contributed by atoms with Crippen molar-refractivity contribution in [1.82, 2.24) is 15.0 Å². The van der Waals surface area contributed by atoms with E-state index < -0.39 is 5.82 Å². The molecule has 1 saturated carbocycles. The second-order valence-corrected chi connectivity index (χ2v) is 7.50. The highest BCUT2D eigenvalue weighted by Gasteiger charge is 2.22. The number of nitrogens with zero attached hydrogens (tertiary/aromatic N) is 3. The number of hydrogen-bond donors (Lipinski definition) is 0. The molecule has 4 aromatic rings. The molecule has 5 rings (SSSR count). The molecule has 0 amide bonds. The van der Waals surface area contributed by atoms with E-state index in [2.05, 4.69) is 15.0 Å². The van der Waals surface area contributed by atoms with Crippen molar-refractivity contribution in [3.63, 3.8) is 0 Å². The summed E-state index contributed by atoms with van der Waals surface area (Å²) in [6.45, 7) is 4.04. The van der Waals surface area contributed by atoms with Gasteiger partial charge in [-0.15, -0.1) is 0 Å². The number of ether oxygens (including phenoxy) is 2. The number of oxazole rings is 1. The van der Waals surface area contributed by atoms with E-state index in [1.807, 2.05) is 26.0 Å². The molecular formula is C23H20FN3O3. The van der Waals surface area contributed by atoms with Gasteiger partial charge < -0.3 is 13.9 Å². The number of para-hydroxylation sites is 1. The zero-order chi connectivity index (χ0) is 20.7. The van der Waals surface area contributed by atoms with Crippen LogP contribution in [0.15, 0.2) is 47.0 Å². The first-order valence-corrected chi connectivity index (χ1v) is 9.91. The highest BCUT2D eigenvalue weighted by Crippen LogP contribution is 2.34. The van der Waals surface area contributed by atoms with Crippen LogP contribution in [-0.2, 0) is 0 Å². The van der Waals surface area contributed by atoms with Gasteiger partial charge >= 0.3 is 6.01 Å². The molecule has 0 radical (unpaired) electrons. The van der Waals surface area contributed by atoms with Crippen LogP contribution in [0.2, 0.25) is 0 Å². The van der Waals surface area contributed by atoms with E-state index in [4.69, 9.17) is 13.9 Å². The standard InChI is InChI=1S/C23H20FN3O3/c1-13-10-15(11-14(2)20(13)28-16-6-5-7-16)21-26-18-12-25-23(27-22(18)30-21)29-19-9-4-3-8-17(19)24/h3-4,8-12,16H,5-7H2,1-2H3. The predicted octanol–water partition coefficient (Wildman–Crippen LogP) is 5.76. The van der Waals surface area contributed by atoms with E-state index in [-0.39, 0.29) is 17.5 Å². The maximum absolute atomic E-state index is 13.8. The van der Waals surface area contributed by atoms with Crippen molar-refractivity contribution >= 4 is 11.2 Å². The first-order chi connectivity index (χ1) is 14.6. The summed E-state index contributed by atoms with van der Waals surface area (Å²) in [5.74, 6) is 0.920. The van der Waals surface area contributed by atoms with Crippen LogP contribution in [0.1, 0.15) is 30.4 Å². The summed E-state index contributed by atoms with van der Waals surface area (Å²) >= 11 is 0. The van der Waals surface area contributed by atoms with Crippen LogP contribution in [0.3, 0.4) is 0 Å². The van der Waals surface area contributed by atoms with Crippen LogP contribution >= 0.6 is 0 Å². The van der Waals surface area contributed by atoms with Gasteiger partial charge in [-0.05, 0) is 68.5 Å². The summed E-state index contributed by atoms with van der Waals surface area (Å²) in [6.07, 6.45) is 5.27. The van der Waals surface area contributed by atoms with Crippen LogP contribution in [0, 0.1) is 19.7 Å². The fourth-order valence-corrected chi connectivity index (χ4v) is 3.43. The molecule has 152 valence electrons. The zero-order valence-electron chi connectivity index (χ0n) is 16.7. The van der Waals surface area contributed by atoms with Gasteiger partial charge in [-0.3, -0.25) is 0 Å². The topological polar surface area (TPSA) is 70.3 Å². The Bertz CT molecular complexity index is 1210. The summed E-state index contributed by atoms with van der Waals surface area (Å²) in [4.78, 5) is 12.8. The molecule has 1 fully saturated rings. The first-order valence-electron chi connectivity index (χ1n) is 9.91. The fourth-order valence-electron chi connectivity index (χ4n) is 3.43. The van der Waals surface area contributed by atoms with Crippen molar-refractivity contribution in [2.75, 3.05) is 0 Å². The molecule has 0 aliphatic heterocycles. The summed E-state index contributed by atoms with van der Waals surface area (Å²) in [7, 11) is 0. The van der Waals surface area contributed by atoms with Crippen molar-refractivity contribution in [1.29, 1.82) is 0 Å². The van der Waals surface area contributed by atoms with Crippen molar-refractivity contribution < 1.29 is 18.3 Å². The second-order valence-electron chi connectivity index (χ2n) is 7.50. The van der Waals surface area contributed by atoms with E-state index in [0.717, 1.165) is 35.3 Å². The number of rotatable bonds is 5. The molecule has 7 heteroatoms. The molecule has 30 heavy (non-hydrogen) atoms. The highest BCUT2D eigenvalue weighted by atomic mass is 19.1. The molecule has 0 N–H and O–H groups in total. The third-order valence-electron chi connectivity index (χ3n) is 5.21. The molecule has 0 unspecified atom stereocenters. The lowest BCUT2D eigenvalue weighted by molar-refractivity contribution is 0.118. The molecule has 2 heterocycles. The lowest BCUT2D eigenvalue weighted by Crippen LogP contribution is -2.25. The quantitative estimate of drug-likeness (QED) is 0.420. The monoisotopic (exact) mass is 405 g/mol. The van der Waals surface area contributed by atoms with E-state index in [9.17, 15) is 4.39 Å². The predicted molar refractivity (Wildman–Crippen MR) is 109 cm³/mol. The highest BCUT2D eigenvalue weighted by molar-refractivity contribution is 5.72. The van der Waals surface area contributed by atoms with Gasteiger partial charge in [0.05, 0.1) is 12.3 Å². The van der Waals surface area contributed by atoms with E-state index in [0.29, 0.717) is 17.5 Å². The number of halogens is 1. The van der Waals surface area contributed by atoms with Crippen LogP contribution in [-0.4, -0.2) is 21.1 Å². The Morgan fingerprint density at radius 1 is 1.07 bits per heavy atom. The van der Waals surface area contributed by atoms with E-state index in [1.165, 1.54) is 24.8 Å². The Labute approximate surface area is 172 Å². The summed E-state index contributed by atoms with van der Waals surface area (Å²) < 4.78 is 31.2. The molecule has 0 spiro atoms. The summed E-state index contributed by atoms with van der Waals surface area (Å²) in [6, 6.07) is 10.1. The largest absolute Gasteiger partial charge is 0.490 e. The fraction of sp³-hybridized carbons (Fsp3) is 0.261. The summed E-state index contributed by atoms with van der Waals surface area (Å²) in [5, 5.41) is 0.